The number of hydrogen-bond donors (Lipinski definition) is 0. The van der Waals surface area contributed by atoms with Crippen LogP contribution in [-0.2, 0) is 14.3 Å². The Morgan fingerprint density at radius 3 is 2.23 bits per heavy atom. The number of anilines is 1. The van der Waals surface area contributed by atoms with E-state index in [1.54, 1.807) is 55.5 Å². The molecule has 2 amide bonds. The van der Waals surface area contributed by atoms with Crippen LogP contribution in [0.15, 0.2) is 71.2 Å². The van der Waals surface area contributed by atoms with E-state index in [0.29, 0.717) is 50.3 Å². The largest absolute Gasteiger partial charge is 0.451 e. The van der Waals surface area contributed by atoms with Crippen LogP contribution in [-0.4, -0.2) is 34.7 Å². The molecular formula is C35H28BrClN2O5. The standard InChI is InChI=1S/C35H28BrClN2O5/c1-17-13-23(36)15-26-27(35(43)44-18(2)32(40)20-5-9-24(37)10-6-20)16-28(38-31(17)26)19-7-11-25(12-8-19)39-33(41)29-21-3-4-22(14-21)30(29)34(39)42/h5-13,15-16,18,21-22,29-30H,3-4,14H2,1-2H3. The number of imide groups is 1. The predicted octanol–water partition coefficient (Wildman–Crippen LogP) is 7.59. The van der Waals surface area contributed by atoms with Gasteiger partial charge in [-0.15, -0.1) is 0 Å². The molecule has 4 aromatic rings. The number of ether oxygens (including phenoxy) is 1. The third-order valence-corrected chi connectivity index (χ3v) is 10.1. The van der Waals surface area contributed by atoms with Gasteiger partial charge < -0.3 is 4.74 Å². The van der Waals surface area contributed by atoms with Gasteiger partial charge >= 0.3 is 5.97 Å². The Morgan fingerprint density at radius 1 is 0.955 bits per heavy atom. The molecule has 222 valence electrons. The molecule has 1 aliphatic heterocycles. The number of pyridine rings is 1. The average molecular weight is 672 g/mol. The van der Waals surface area contributed by atoms with Gasteiger partial charge in [-0.25, -0.2) is 9.78 Å². The number of benzene rings is 3. The molecule has 7 nitrogen and oxygen atoms in total. The van der Waals surface area contributed by atoms with E-state index < -0.39 is 12.1 Å². The van der Waals surface area contributed by atoms with Gasteiger partial charge in [-0.3, -0.25) is 19.3 Å². The first kappa shape index (κ1) is 28.9. The molecule has 2 aliphatic carbocycles. The Morgan fingerprint density at radius 2 is 1.59 bits per heavy atom. The van der Waals surface area contributed by atoms with Gasteiger partial charge in [0, 0.05) is 26.0 Å². The van der Waals surface area contributed by atoms with E-state index in [4.69, 9.17) is 21.3 Å². The van der Waals surface area contributed by atoms with Gasteiger partial charge in [0.25, 0.3) is 0 Å². The Balaban J connectivity index is 1.20. The smallest absolute Gasteiger partial charge is 0.339 e. The lowest BCUT2D eigenvalue weighted by Gasteiger charge is -2.19. The Kier molecular flexibility index (Phi) is 7.17. The summed E-state index contributed by atoms with van der Waals surface area (Å²) < 4.78 is 6.46. The summed E-state index contributed by atoms with van der Waals surface area (Å²) in [4.78, 5) is 59.5. The van der Waals surface area contributed by atoms with Crippen molar-refractivity contribution in [3.05, 3.63) is 92.9 Å². The van der Waals surface area contributed by atoms with Crippen molar-refractivity contribution in [2.75, 3.05) is 4.90 Å². The van der Waals surface area contributed by atoms with Gasteiger partial charge in [0.2, 0.25) is 17.6 Å². The fraction of sp³-hybridized carbons (Fsp3) is 0.286. The van der Waals surface area contributed by atoms with E-state index in [1.165, 1.54) is 4.90 Å². The van der Waals surface area contributed by atoms with Crippen LogP contribution in [0.25, 0.3) is 22.2 Å². The lowest BCUT2D eigenvalue weighted by molar-refractivity contribution is -0.123. The number of aromatic nitrogens is 1. The second-order valence-corrected chi connectivity index (χ2v) is 13.4. The Hall–Kier alpha value is -3.88. The first-order valence-corrected chi connectivity index (χ1v) is 15.9. The summed E-state index contributed by atoms with van der Waals surface area (Å²) in [6.07, 6.45) is 2.01. The normalized spacial score (nSPS) is 22.9. The van der Waals surface area contributed by atoms with Crippen LogP contribution in [0, 0.1) is 30.6 Å². The molecule has 3 aromatic carbocycles. The summed E-state index contributed by atoms with van der Waals surface area (Å²) >= 11 is 9.47. The third kappa shape index (κ3) is 4.75. The summed E-state index contributed by atoms with van der Waals surface area (Å²) in [7, 11) is 0. The summed E-state index contributed by atoms with van der Waals surface area (Å²) in [5.41, 5.74) is 3.90. The number of hydrogen-bond acceptors (Lipinski definition) is 6. The van der Waals surface area contributed by atoms with Crippen molar-refractivity contribution in [2.45, 2.75) is 39.2 Å². The van der Waals surface area contributed by atoms with Crippen LogP contribution in [0.1, 0.15) is 52.5 Å². The molecule has 3 fully saturated rings. The topological polar surface area (TPSA) is 93.6 Å². The molecule has 1 aromatic heterocycles. The molecule has 0 radical (unpaired) electrons. The van der Waals surface area contributed by atoms with Crippen molar-refractivity contribution in [2.24, 2.45) is 23.7 Å². The predicted molar refractivity (Wildman–Crippen MR) is 171 cm³/mol. The van der Waals surface area contributed by atoms with Crippen LogP contribution < -0.4 is 4.90 Å². The molecule has 2 saturated carbocycles. The maximum atomic E-state index is 13.6. The highest BCUT2D eigenvalue weighted by Crippen LogP contribution is 2.56. The van der Waals surface area contributed by atoms with E-state index in [0.717, 1.165) is 29.3 Å². The van der Waals surface area contributed by atoms with Gasteiger partial charge in [-0.1, -0.05) is 39.7 Å². The Bertz CT molecular complexity index is 1850. The molecule has 5 unspecified atom stereocenters. The van der Waals surface area contributed by atoms with Crippen LogP contribution in [0.5, 0.6) is 0 Å². The zero-order valence-electron chi connectivity index (χ0n) is 24.1. The maximum Gasteiger partial charge on any atom is 0.339 e. The number of amides is 2. The fourth-order valence-corrected chi connectivity index (χ4v) is 8.04. The zero-order valence-corrected chi connectivity index (χ0v) is 26.4. The lowest BCUT2D eigenvalue weighted by atomic mass is 9.81. The summed E-state index contributed by atoms with van der Waals surface area (Å²) in [6, 6.07) is 18.9. The molecule has 1 saturated heterocycles. The highest BCUT2D eigenvalue weighted by Gasteiger charge is 2.61. The van der Waals surface area contributed by atoms with E-state index in [9.17, 15) is 19.2 Å². The SMILES string of the molecule is Cc1cc(Br)cc2c(C(=O)OC(C)C(=O)c3ccc(Cl)cc3)cc(-c3ccc(N4C(=O)C5C6CCC(C6)C5C4=O)cc3)nc12. The lowest BCUT2D eigenvalue weighted by Crippen LogP contribution is -2.32. The number of nitrogens with zero attached hydrogens (tertiary/aromatic N) is 2. The molecule has 5 atom stereocenters. The first-order valence-electron chi connectivity index (χ1n) is 14.7. The minimum atomic E-state index is -1.03. The number of halogens is 2. The molecule has 0 spiro atoms. The van der Waals surface area contributed by atoms with Gasteiger partial charge in [-0.2, -0.15) is 0 Å². The van der Waals surface area contributed by atoms with Gasteiger partial charge in [0.15, 0.2) is 6.10 Å². The molecule has 0 N–H and O–H groups in total. The van der Waals surface area contributed by atoms with Crippen LogP contribution in [0.4, 0.5) is 5.69 Å². The summed E-state index contributed by atoms with van der Waals surface area (Å²) in [6.45, 7) is 3.45. The van der Waals surface area contributed by atoms with Gasteiger partial charge in [0.05, 0.1) is 34.3 Å². The molecule has 2 heterocycles. The van der Waals surface area contributed by atoms with Crippen molar-refractivity contribution in [3.63, 3.8) is 0 Å². The van der Waals surface area contributed by atoms with Crippen molar-refractivity contribution in [3.8, 4) is 11.3 Å². The molecule has 44 heavy (non-hydrogen) atoms. The minimum Gasteiger partial charge on any atom is -0.451 e. The monoisotopic (exact) mass is 670 g/mol. The second-order valence-electron chi connectivity index (χ2n) is 12.0. The number of aryl methyl sites for hydroxylation is 1. The van der Waals surface area contributed by atoms with Crippen LogP contribution >= 0.6 is 27.5 Å². The average Bonchev–Trinajstić information content (AvgIpc) is 3.70. The molecular weight excluding hydrogens is 644 g/mol. The highest BCUT2D eigenvalue weighted by atomic mass is 79.9. The van der Waals surface area contributed by atoms with Crippen molar-refractivity contribution in [1.82, 2.24) is 4.98 Å². The van der Waals surface area contributed by atoms with Crippen LogP contribution in [0.3, 0.4) is 0 Å². The molecule has 3 aliphatic rings. The number of carbonyl (C=O) groups excluding carboxylic acids is 4. The number of esters is 1. The van der Waals surface area contributed by atoms with Crippen LogP contribution in [0.2, 0.25) is 5.02 Å². The van der Waals surface area contributed by atoms with E-state index in [1.807, 2.05) is 25.1 Å². The number of rotatable bonds is 6. The summed E-state index contributed by atoms with van der Waals surface area (Å²) in [5, 5.41) is 1.09. The van der Waals surface area contributed by atoms with E-state index >= 15 is 0 Å². The number of ketones is 1. The number of Topliss-reactive ketones (excluding diaryl/α,β-unsaturated/α-hetero) is 1. The van der Waals surface area contributed by atoms with Crippen molar-refractivity contribution >= 4 is 67.7 Å². The van der Waals surface area contributed by atoms with Crippen molar-refractivity contribution in [1.29, 1.82) is 0 Å². The van der Waals surface area contributed by atoms with E-state index in [2.05, 4.69) is 15.9 Å². The number of fused-ring (bicyclic) bond motifs is 6. The highest BCUT2D eigenvalue weighted by molar-refractivity contribution is 9.10. The first-order chi connectivity index (χ1) is 21.1. The van der Waals surface area contributed by atoms with E-state index in [-0.39, 0.29) is 35.0 Å². The second kappa shape index (κ2) is 10.9. The van der Waals surface area contributed by atoms with Gasteiger partial charge in [0.1, 0.15) is 0 Å². The Labute approximate surface area is 267 Å². The van der Waals surface area contributed by atoms with Crippen molar-refractivity contribution < 1.29 is 23.9 Å². The quantitative estimate of drug-likeness (QED) is 0.119. The fourth-order valence-electron chi connectivity index (χ4n) is 7.34. The maximum absolute atomic E-state index is 13.6. The molecule has 7 rings (SSSR count). The summed E-state index contributed by atoms with van der Waals surface area (Å²) in [5.74, 6) is -0.909. The molecule has 9 heteroatoms. The number of carbonyl (C=O) groups is 4. The van der Waals surface area contributed by atoms with Gasteiger partial charge in [-0.05, 0) is 105 Å². The minimum absolute atomic E-state index is 0.0859. The zero-order chi connectivity index (χ0) is 30.9. The third-order valence-electron chi connectivity index (χ3n) is 9.42. The molecule has 2 bridgehead atoms.